The van der Waals surface area contributed by atoms with Gasteiger partial charge in [0.05, 0.1) is 55.3 Å². The Morgan fingerprint density at radius 3 is 2.75 bits per heavy atom. The van der Waals surface area contributed by atoms with Crippen LogP contribution in [0.15, 0.2) is 54.9 Å². The fourth-order valence-electron chi connectivity index (χ4n) is 6.98. The van der Waals surface area contributed by atoms with Crippen LogP contribution in [0.3, 0.4) is 0 Å². The van der Waals surface area contributed by atoms with Crippen LogP contribution in [-0.4, -0.2) is 97.4 Å². The van der Waals surface area contributed by atoms with Crippen molar-refractivity contribution in [2.75, 3.05) is 64.6 Å². The van der Waals surface area contributed by atoms with E-state index in [1.54, 1.807) is 0 Å². The van der Waals surface area contributed by atoms with Crippen LogP contribution >= 0.6 is 11.6 Å². The fraction of sp³-hybridized carbons (Fsp3) is 0.389. The molecule has 4 aromatic rings. The van der Waals surface area contributed by atoms with Crippen molar-refractivity contribution in [2.24, 2.45) is 0 Å². The Kier molecular flexibility index (Phi) is 9.05. The van der Waals surface area contributed by atoms with Gasteiger partial charge < -0.3 is 24.0 Å². The molecule has 2 unspecified atom stereocenters. The molecule has 10 nitrogen and oxygen atoms in total. The van der Waals surface area contributed by atoms with Crippen LogP contribution < -0.4 is 14.4 Å². The number of carbonyl (C=O) groups is 1. The molecular formula is C36H36ClFN6O4. The molecule has 2 fully saturated rings. The van der Waals surface area contributed by atoms with Gasteiger partial charge in [-0.25, -0.2) is 4.39 Å². The average Bonchev–Trinajstić information content (AvgIpc) is 3.10. The predicted molar refractivity (Wildman–Crippen MR) is 182 cm³/mol. The Labute approximate surface area is 283 Å². The van der Waals surface area contributed by atoms with Crippen LogP contribution in [0.25, 0.3) is 32.8 Å². The normalized spacial score (nSPS) is 19.9. The number of carbonyl (C=O) groups excluding carboxylic acids is 1. The summed E-state index contributed by atoms with van der Waals surface area (Å²) in [5, 5.41) is 13.0. The number of hydrogen-bond acceptors (Lipinski definition) is 9. The summed E-state index contributed by atoms with van der Waals surface area (Å²) >= 11 is 6.81. The van der Waals surface area contributed by atoms with E-state index in [2.05, 4.69) is 29.7 Å². The SMILES string of the molecule is C=C(F)C(=O)N1CCN(c2nc(OCC3COCCN3C)nc3cc(-c4cccc5cccc(Cl)c45)c4c(c23)OCCC4)CC1CC#N. The minimum atomic E-state index is -1.05. The molecule has 0 aliphatic carbocycles. The fourth-order valence-corrected chi connectivity index (χ4v) is 7.27. The molecule has 3 aliphatic rings. The highest BCUT2D eigenvalue weighted by molar-refractivity contribution is 6.36. The number of anilines is 1. The van der Waals surface area contributed by atoms with Gasteiger partial charge in [0, 0.05) is 42.2 Å². The van der Waals surface area contributed by atoms with E-state index in [4.69, 9.17) is 35.8 Å². The maximum Gasteiger partial charge on any atom is 0.319 e. The third kappa shape index (κ3) is 6.00. The molecule has 0 bridgehead atoms. The molecule has 0 radical (unpaired) electrons. The van der Waals surface area contributed by atoms with E-state index in [1.165, 1.54) is 4.90 Å². The second-order valence-corrected chi connectivity index (χ2v) is 12.8. The smallest absolute Gasteiger partial charge is 0.319 e. The van der Waals surface area contributed by atoms with Crippen molar-refractivity contribution in [2.45, 2.75) is 31.3 Å². The molecule has 2 atom stereocenters. The molecule has 248 valence electrons. The standard InChI is InChI=1S/C36H36ClFN6O4/c1-22(38)35(45)44-14-13-43(19-24(44)11-12-39)34-32-30(40-36(41-34)48-21-25-20-46-17-15-42(25)2)18-28(27-9-5-16-47-33(27)32)26-8-3-6-23-7-4-10-29(37)31(23)26/h3-4,6-8,10,18,24-25H,1,5,9,11,13-17,19-21H2,2H3. The number of nitriles is 1. The van der Waals surface area contributed by atoms with E-state index in [0.29, 0.717) is 55.1 Å². The van der Waals surface area contributed by atoms with Gasteiger partial charge >= 0.3 is 6.01 Å². The van der Waals surface area contributed by atoms with Gasteiger partial charge in [-0.05, 0) is 48.5 Å². The molecule has 4 heterocycles. The van der Waals surface area contributed by atoms with Gasteiger partial charge in [0.1, 0.15) is 18.2 Å². The van der Waals surface area contributed by atoms with Gasteiger partial charge in [0.25, 0.3) is 5.91 Å². The molecule has 3 aliphatic heterocycles. The zero-order valence-electron chi connectivity index (χ0n) is 26.8. The second kappa shape index (κ2) is 13.5. The predicted octanol–water partition coefficient (Wildman–Crippen LogP) is 5.55. The molecule has 0 N–H and O–H groups in total. The topological polar surface area (TPSA) is 104 Å². The number of ether oxygens (including phenoxy) is 3. The Bertz CT molecular complexity index is 1940. The van der Waals surface area contributed by atoms with E-state index in [1.807, 2.05) is 42.3 Å². The molecule has 12 heteroatoms. The van der Waals surface area contributed by atoms with Crippen LogP contribution in [0.1, 0.15) is 18.4 Å². The number of rotatable bonds is 7. The van der Waals surface area contributed by atoms with Gasteiger partial charge in [-0.15, -0.1) is 0 Å². The minimum absolute atomic E-state index is 0.0243. The molecule has 2 saturated heterocycles. The highest BCUT2D eigenvalue weighted by Crippen LogP contribution is 2.46. The first kappa shape index (κ1) is 32.1. The number of nitrogens with zero attached hydrogens (tertiary/aromatic N) is 6. The van der Waals surface area contributed by atoms with Crippen molar-refractivity contribution in [3.8, 4) is 29.0 Å². The summed E-state index contributed by atoms with van der Waals surface area (Å²) in [5.74, 6) is -0.565. The summed E-state index contributed by atoms with van der Waals surface area (Å²) in [5.41, 5.74) is 3.64. The van der Waals surface area contributed by atoms with Gasteiger partial charge in [-0.2, -0.15) is 15.2 Å². The highest BCUT2D eigenvalue weighted by Gasteiger charge is 2.35. The first-order valence-corrected chi connectivity index (χ1v) is 16.6. The summed E-state index contributed by atoms with van der Waals surface area (Å²) in [4.78, 5) is 28.2. The lowest BCUT2D eigenvalue weighted by Gasteiger charge is -2.41. The molecule has 1 aromatic heterocycles. The molecule has 0 saturated carbocycles. The summed E-state index contributed by atoms with van der Waals surface area (Å²) in [6, 6.07) is 15.9. The van der Waals surface area contributed by atoms with Gasteiger partial charge in [0.15, 0.2) is 5.83 Å². The third-order valence-electron chi connectivity index (χ3n) is 9.50. The monoisotopic (exact) mass is 670 g/mol. The zero-order chi connectivity index (χ0) is 33.4. The summed E-state index contributed by atoms with van der Waals surface area (Å²) in [6.45, 7) is 6.86. The first-order chi connectivity index (χ1) is 23.3. The van der Waals surface area contributed by atoms with E-state index in [-0.39, 0.29) is 31.6 Å². The van der Waals surface area contributed by atoms with Gasteiger partial charge in [0.2, 0.25) is 0 Å². The second-order valence-electron chi connectivity index (χ2n) is 12.4. The Hall–Kier alpha value is -4.50. The lowest BCUT2D eigenvalue weighted by molar-refractivity contribution is -0.131. The van der Waals surface area contributed by atoms with Crippen LogP contribution in [0.4, 0.5) is 10.2 Å². The van der Waals surface area contributed by atoms with Gasteiger partial charge in [-0.1, -0.05) is 48.5 Å². The van der Waals surface area contributed by atoms with E-state index >= 15 is 0 Å². The summed E-state index contributed by atoms with van der Waals surface area (Å²) in [7, 11) is 2.04. The van der Waals surface area contributed by atoms with Crippen LogP contribution in [0.2, 0.25) is 5.02 Å². The minimum Gasteiger partial charge on any atom is -0.492 e. The molecule has 48 heavy (non-hydrogen) atoms. The van der Waals surface area contributed by atoms with E-state index in [9.17, 15) is 14.4 Å². The van der Waals surface area contributed by atoms with E-state index < -0.39 is 17.8 Å². The number of likely N-dealkylation sites (N-methyl/N-ethyl adjacent to an activating group) is 1. The van der Waals surface area contributed by atoms with Gasteiger partial charge in [-0.3, -0.25) is 9.69 Å². The van der Waals surface area contributed by atoms with Crippen molar-refractivity contribution >= 4 is 45.0 Å². The largest absolute Gasteiger partial charge is 0.492 e. The lowest BCUT2D eigenvalue weighted by Crippen LogP contribution is -2.55. The van der Waals surface area contributed by atoms with Crippen molar-refractivity contribution in [1.82, 2.24) is 19.8 Å². The number of piperazine rings is 1. The highest BCUT2D eigenvalue weighted by atomic mass is 35.5. The lowest BCUT2D eigenvalue weighted by atomic mass is 9.89. The Balaban J connectivity index is 1.39. The van der Waals surface area contributed by atoms with Crippen molar-refractivity contribution in [1.29, 1.82) is 5.26 Å². The maximum absolute atomic E-state index is 14.0. The van der Waals surface area contributed by atoms with Crippen molar-refractivity contribution in [3.63, 3.8) is 0 Å². The molecule has 7 rings (SSSR count). The molecule has 1 amide bonds. The number of amides is 1. The van der Waals surface area contributed by atoms with Crippen LogP contribution in [0, 0.1) is 11.3 Å². The average molecular weight is 671 g/mol. The number of aromatic nitrogens is 2. The first-order valence-electron chi connectivity index (χ1n) is 16.2. The molecule has 0 spiro atoms. The molecular weight excluding hydrogens is 635 g/mol. The number of benzene rings is 3. The summed E-state index contributed by atoms with van der Waals surface area (Å²) < 4.78 is 32.4. The number of morpholine rings is 1. The number of hydrogen-bond donors (Lipinski definition) is 0. The van der Waals surface area contributed by atoms with Crippen LogP contribution in [-0.2, 0) is 16.0 Å². The number of halogens is 2. The van der Waals surface area contributed by atoms with E-state index in [0.717, 1.165) is 52.2 Å². The Morgan fingerprint density at radius 1 is 1.12 bits per heavy atom. The van der Waals surface area contributed by atoms with Crippen molar-refractivity contribution < 1.29 is 23.4 Å². The van der Waals surface area contributed by atoms with Crippen LogP contribution in [0.5, 0.6) is 11.8 Å². The quantitative estimate of drug-likeness (QED) is 0.234. The summed E-state index contributed by atoms with van der Waals surface area (Å²) in [6.07, 6.45) is 1.65. The third-order valence-corrected chi connectivity index (χ3v) is 9.81. The Morgan fingerprint density at radius 2 is 1.96 bits per heavy atom. The maximum atomic E-state index is 14.0. The number of fused-ring (bicyclic) bond motifs is 4. The molecule has 3 aromatic carbocycles. The zero-order valence-corrected chi connectivity index (χ0v) is 27.5. The van der Waals surface area contributed by atoms with Crippen molar-refractivity contribution in [3.05, 3.63) is 65.5 Å².